The van der Waals surface area contributed by atoms with Crippen LogP contribution in [0.4, 0.5) is 13.2 Å². The number of ether oxygens (including phenoxy) is 3. The number of benzene rings is 1. The molecule has 0 aliphatic heterocycles. The smallest absolute Gasteiger partial charge is 0.496 e. The molecule has 1 rings (SSSR count). The number of hydrogen-bond donors (Lipinski definition) is 0. The van der Waals surface area contributed by atoms with Gasteiger partial charge in [0.1, 0.15) is 5.75 Å². The predicted molar refractivity (Wildman–Crippen MR) is 45.1 cm³/mol. The van der Waals surface area contributed by atoms with Crippen LogP contribution in [0.2, 0.25) is 0 Å². The van der Waals surface area contributed by atoms with Crippen LogP contribution in [-0.4, -0.2) is 20.6 Å². The van der Waals surface area contributed by atoms with Gasteiger partial charge in [0.25, 0.3) is 0 Å². The summed E-state index contributed by atoms with van der Waals surface area (Å²) in [4.78, 5) is 0. The fourth-order valence-corrected chi connectivity index (χ4v) is 0.921. The highest BCUT2D eigenvalue weighted by Crippen LogP contribution is 2.34. The van der Waals surface area contributed by atoms with Gasteiger partial charge in [0.05, 0.1) is 14.2 Å². The summed E-state index contributed by atoms with van der Waals surface area (Å²) in [5, 5.41) is 0. The van der Waals surface area contributed by atoms with Crippen LogP contribution < -0.4 is 14.2 Å². The Balaban J connectivity index is 2.97. The van der Waals surface area contributed by atoms with Crippen LogP contribution in [0, 0.1) is 6.07 Å². The second-order valence-electron chi connectivity index (χ2n) is 2.48. The summed E-state index contributed by atoms with van der Waals surface area (Å²) in [6.07, 6.45) is -4.75. The average Bonchev–Trinajstić information content (AvgIpc) is 2.16. The molecular weight excluding hydrogens is 213 g/mol. The zero-order valence-electron chi connectivity index (χ0n) is 8.01. The summed E-state index contributed by atoms with van der Waals surface area (Å²) in [6.45, 7) is 0. The van der Waals surface area contributed by atoms with E-state index in [-0.39, 0.29) is 11.5 Å². The fraction of sp³-hybridized carbons (Fsp3) is 0.333. The van der Waals surface area contributed by atoms with Crippen molar-refractivity contribution in [2.45, 2.75) is 6.36 Å². The lowest BCUT2D eigenvalue weighted by Gasteiger charge is -2.12. The van der Waals surface area contributed by atoms with Crippen LogP contribution in [0.1, 0.15) is 0 Å². The number of hydrogen-bond acceptors (Lipinski definition) is 3. The summed E-state index contributed by atoms with van der Waals surface area (Å²) >= 11 is 0. The van der Waals surface area contributed by atoms with Gasteiger partial charge >= 0.3 is 6.36 Å². The molecule has 0 saturated carbocycles. The van der Waals surface area contributed by atoms with Gasteiger partial charge < -0.3 is 14.2 Å². The predicted octanol–water partition coefficient (Wildman–Crippen LogP) is 2.40. The molecule has 1 aromatic rings. The Hall–Kier alpha value is -1.59. The van der Waals surface area contributed by atoms with Gasteiger partial charge in [-0.05, 0) is 6.07 Å². The molecule has 0 unspecified atom stereocenters. The minimum Gasteiger partial charge on any atom is -0.496 e. The molecule has 0 heterocycles. The summed E-state index contributed by atoms with van der Waals surface area (Å²) in [5.74, 6) is -0.255. The van der Waals surface area contributed by atoms with Gasteiger partial charge in [-0.25, -0.2) is 0 Å². The van der Waals surface area contributed by atoms with E-state index in [0.29, 0.717) is 0 Å². The first-order valence-electron chi connectivity index (χ1n) is 3.85. The van der Waals surface area contributed by atoms with Gasteiger partial charge in [-0.2, -0.15) is 0 Å². The molecule has 0 aliphatic carbocycles. The molecule has 1 radical (unpaired) electrons. The molecule has 0 atom stereocenters. The molecule has 0 aromatic heterocycles. The van der Waals surface area contributed by atoms with E-state index in [2.05, 4.69) is 10.8 Å². The van der Waals surface area contributed by atoms with Crippen molar-refractivity contribution >= 4 is 0 Å². The lowest BCUT2D eigenvalue weighted by molar-refractivity contribution is -0.275. The fourth-order valence-electron chi connectivity index (χ4n) is 0.921. The maximum atomic E-state index is 11.9. The quantitative estimate of drug-likeness (QED) is 0.784. The van der Waals surface area contributed by atoms with Crippen molar-refractivity contribution in [1.82, 2.24) is 0 Å². The third-order valence-electron chi connectivity index (χ3n) is 1.52. The Labute approximate surface area is 84.4 Å². The molecule has 0 aliphatic rings. The molecule has 0 saturated heterocycles. The normalized spacial score (nSPS) is 11.0. The highest BCUT2D eigenvalue weighted by molar-refractivity contribution is 5.44. The molecule has 15 heavy (non-hydrogen) atoms. The second kappa shape index (κ2) is 4.29. The van der Waals surface area contributed by atoms with Crippen LogP contribution in [-0.2, 0) is 0 Å². The number of halogens is 3. The lowest BCUT2D eigenvalue weighted by atomic mass is 10.3. The van der Waals surface area contributed by atoms with Crippen molar-refractivity contribution in [3.05, 3.63) is 18.2 Å². The standard InChI is InChI=1S/C9H8F3O3/c1-13-6-3-4-7(8(5-6)14-2)15-9(10,11)12/h4-5H,1-2H3. The van der Waals surface area contributed by atoms with Gasteiger partial charge in [-0.3, -0.25) is 0 Å². The largest absolute Gasteiger partial charge is 0.573 e. The van der Waals surface area contributed by atoms with Crippen LogP contribution in [0.15, 0.2) is 12.1 Å². The molecule has 0 bridgehead atoms. The first-order chi connectivity index (χ1) is 6.96. The molecule has 1 aromatic carbocycles. The monoisotopic (exact) mass is 221 g/mol. The zero-order chi connectivity index (χ0) is 11.5. The Morgan fingerprint density at radius 1 is 1.13 bits per heavy atom. The van der Waals surface area contributed by atoms with E-state index >= 15 is 0 Å². The lowest BCUT2D eigenvalue weighted by Crippen LogP contribution is -2.17. The van der Waals surface area contributed by atoms with E-state index in [1.807, 2.05) is 0 Å². The minimum absolute atomic E-state index is 0.0667. The van der Waals surface area contributed by atoms with Gasteiger partial charge in [-0.1, -0.05) is 0 Å². The third kappa shape index (κ3) is 3.23. The van der Waals surface area contributed by atoms with E-state index in [0.717, 1.165) is 6.07 Å². The second-order valence-corrected chi connectivity index (χ2v) is 2.48. The molecule has 83 valence electrons. The Morgan fingerprint density at radius 2 is 1.80 bits per heavy atom. The van der Waals surface area contributed by atoms with E-state index in [9.17, 15) is 13.2 Å². The van der Waals surface area contributed by atoms with E-state index in [1.165, 1.54) is 20.3 Å². The molecule has 0 N–H and O–H groups in total. The molecule has 3 nitrogen and oxygen atoms in total. The number of methoxy groups -OCH3 is 2. The Bertz CT molecular complexity index is 336. The van der Waals surface area contributed by atoms with Crippen molar-refractivity contribution in [2.24, 2.45) is 0 Å². The van der Waals surface area contributed by atoms with Crippen LogP contribution >= 0.6 is 0 Å². The van der Waals surface area contributed by atoms with E-state index < -0.39 is 12.1 Å². The maximum absolute atomic E-state index is 11.9. The number of rotatable bonds is 3. The molecule has 0 fully saturated rings. The van der Waals surface area contributed by atoms with Crippen molar-refractivity contribution in [3.8, 4) is 17.2 Å². The molecule has 0 amide bonds. The highest BCUT2D eigenvalue weighted by Gasteiger charge is 2.32. The Morgan fingerprint density at radius 3 is 2.27 bits per heavy atom. The minimum atomic E-state index is -4.75. The summed E-state index contributed by atoms with van der Waals surface area (Å²) in [6, 6.07) is 4.71. The zero-order valence-corrected chi connectivity index (χ0v) is 8.01. The third-order valence-corrected chi connectivity index (χ3v) is 1.52. The molecular formula is C9H8F3O3. The molecule has 0 spiro atoms. The van der Waals surface area contributed by atoms with E-state index in [4.69, 9.17) is 9.47 Å². The van der Waals surface area contributed by atoms with Crippen molar-refractivity contribution in [1.29, 1.82) is 0 Å². The molecule has 6 heteroatoms. The van der Waals surface area contributed by atoms with Gasteiger partial charge in [0, 0.05) is 12.1 Å². The van der Waals surface area contributed by atoms with Crippen LogP contribution in [0.5, 0.6) is 17.2 Å². The SMILES string of the molecule is COc1[c]cc(OC(F)(F)F)c(OC)c1. The van der Waals surface area contributed by atoms with E-state index in [1.54, 1.807) is 0 Å². The van der Waals surface area contributed by atoms with Gasteiger partial charge in [0.2, 0.25) is 0 Å². The maximum Gasteiger partial charge on any atom is 0.573 e. The first kappa shape index (κ1) is 11.5. The van der Waals surface area contributed by atoms with Crippen LogP contribution in [0.3, 0.4) is 0 Å². The topological polar surface area (TPSA) is 27.7 Å². The Kier molecular flexibility index (Phi) is 3.28. The summed E-state index contributed by atoms with van der Waals surface area (Å²) in [7, 11) is 2.60. The summed E-state index contributed by atoms with van der Waals surface area (Å²) in [5.41, 5.74) is 0. The van der Waals surface area contributed by atoms with Gasteiger partial charge in [0.15, 0.2) is 11.5 Å². The first-order valence-corrected chi connectivity index (χ1v) is 3.85. The van der Waals surface area contributed by atoms with Crippen molar-refractivity contribution < 1.29 is 27.4 Å². The summed E-state index contributed by atoms with van der Waals surface area (Å²) < 4.78 is 48.9. The van der Waals surface area contributed by atoms with Gasteiger partial charge in [-0.15, -0.1) is 13.2 Å². The van der Waals surface area contributed by atoms with Crippen molar-refractivity contribution in [3.63, 3.8) is 0 Å². The number of alkyl halides is 3. The van der Waals surface area contributed by atoms with Crippen LogP contribution in [0.25, 0.3) is 0 Å². The average molecular weight is 221 g/mol. The van der Waals surface area contributed by atoms with Crippen molar-refractivity contribution in [2.75, 3.05) is 14.2 Å². The highest BCUT2D eigenvalue weighted by atomic mass is 19.4.